The van der Waals surface area contributed by atoms with Gasteiger partial charge in [0, 0.05) is 21.2 Å². The zero-order valence-electron chi connectivity index (χ0n) is 10.4. The van der Waals surface area contributed by atoms with E-state index >= 15 is 0 Å². The molecule has 0 N–H and O–H groups in total. The summed E-state index contributed by atoms with van der Waals surface area (Å²) in [5.41, 5.74) is 2.29. The van der Waals surface area contributed by atoms with Gasteiger partial charge in [-0.3, -0.25) is 4.79 Å². The number of halogens is 1. The maximum absolute atomic E-state index is 12.2. The van der Waals surface area contributed by atoms with Crippen LogP contribution < -0.4 is 0 Å². The molecule has 0 amide bonds. The molecule has 0 aliphatic heterocycles. The minimum absolute atomic E-state index is 0.00308. The summed E-state index contributed by atoms with van der Waals surface area (Å²) >= 11 is 2.48. The van der Waals surface area contributed by atoms with Gasteiger partial charge < -0.3 is 4.55 Å². The summed E-state index contributed by atoms with van der Waals surface area (Å²) < 4.78 is 12.1. The number of benzene rings is 2. The fraction of sp³-hybridized carbons (Fsp3) is 0.133. The van der Waals surface area contributed by atoms with Crippen LogP contribution in [-0.4, -0.2) is 16.6 Å². The number of ketones is 1. The number of hydrogen-bond donors (Lipinski definition) is 0. The van der Waals surface area contributed by atoms with E-state index in [0.29, 0.717) is 16.9 Å². The maximum Gasteiger partial charge on any atom is 0.193 e. The van der Waals surface area contributed by atoms with E-state index in [9.17, 15) is 9.35 Å². The number of hydrogen-bond acceptors (Lipinski definition) is 2. The largest absolute Gasteiger partial charge is 0.616 e. The van der Waals surface area contributed by atoms with E-state index in [4.69, 9.17) is 0 Å². The Bertz CT molecular complexity index is 562. The molecule has 0 bridgehead atoms. The van der Waals surface area contributed by atoms with Crippen molar-refractivity contribution in [2.24, 2.45) is 0 Å². The molecule has 2 aromatic carbocycles. The molecule has 0 aliphatic rings. The third-order valence-electron chi connectivity index (χ3n) is 2.69. The zero-order chi connectivity index (χ0) is 13.8. The average molecular weight is 337 g/mol. The lowest BCUT2D eigenvalue weighted by Crippen LogP contribution is -2.03. The number of carbonyl (C=O) groups excluding carboxylic acids is 1. The highest BCUT2D eigenvalue weighted by Crippen LogP contribution is 2.15. The van der Waals surface area contributed by atoms with E-state index in [1.807, 2.05) is 24.3 Å². The van der Waals surface area contributed by atoms with E-state index in [1.54, 1.807) is 30.5 Å². The summed E-state index contributed by atoms with van der Waals surface area (Å²) in [7, 11) is 0. The highest BCUT2D eigenvalue weighted by molar-refractivity contribution is 9.10. The van der Waals surface area contributed by atoms with Gasteiger partial charge in [0.25, 0.3) is 0 Å². The fourth-order valence-electron chi connectivity index (χ4n) is 1.75. The standard InChI is InChI=1S/C15H13BrO2S/c1-19(18)10-11-2-4-12(5-3-11)15(17)13-6-8-14(16)9-7-13/h2-9H,10H2,1H3. The first-order valence-electron chi connectivity index (χ1n) is 5.75. The minimum Gasteiger partial charge on any atom is -0.616 e. The predicted octanol–water partition coefficient (Wildman–Crippen LogP) is 3.56. The molecule has 0 saturated carbocycles. The average Bonchev–Trinajstić information content (AvgIpc) is 2.39. The van der Waals surface area contributed by atoms with Gasteiger partial charge in [-0.2, -0.15) is 0 Å². The van der Waals surface area contributed by atoms with Crippen LogP contribution in [0.5, 0.6) is 0 Å². The Kier molecular flexibility index (Phi) is 4.80. The van der Waals surface area contributed by atoms with Crippen LogP contribution in [0.4, 0.5) is 0 Å². The van der Waals surface area contributed by atoms with E-state index < -0.39 is 11.2 Å². The molecule has 4 heteroatoms. The topological polar surface area (TPSA) is 40.1 Å². The monoisotopic (exact) mass is 336 g/mol. The van der Waals surface area contributed by atoms with Crippen LogP contribution in [-0.2, 0) is 16.9 Å². The third kappa shape index (κ3) is 3.93. The van der Waals surface area contributed by atoms with E-state index in [1.165, 1.54) is 0 Å². The molecule has 0 saturated heterocycles. The first-order valence-corrected chi connectivity index (χ1v) is 8.27. The van der Waals surface area contributed by atoms with Crippen LogP contribution in [0.2, 0.25) is 0 Å². The molecule has 19 heavy (non-hydrogen) atoms. The lowest BCUT2D eigenvalue weighted by Gasteiger charge is -2.06. The van der Waals surface area contributed by atoms with Crippen LogP contribution in [0.25, 0.3) is 0 Å². The van der Waals surface area contributed by atoms with Gasteiger partial charge in [-0.1, -0.05) is 51.4 Å². The molecule has 0 heterocycles. The van der Waals surface area contributed by atoms with Crippen molar-refractivity contribution in [3.05, 3.63) is 69.7 Å². The quantitative estimate of drug-likeness (QED) is 0.632. The highest BCUT2D eigenvalue weighted by Gasteiger charge is 2.09. The van der Waals surface area contributed by atoms with E-state index in [-0.39, 0.29) is 5.78 Å². The second-order valence-corrected chi connectivity index (χ2v) is 6.60. The fourth-order valence-corrected chi connectivity index (χ4v) is 2.68. The van der Waals surface area contributed by atoms with Crippen LogP contribution in [0, 0.1) is 0 Å². The Hall–Kier alpha value is -1.10. The molecule has 0 aromatic heterocycles. The summed E-state index contributed by atoms with van der Waals surface area (Å²) in [4.78, 5) is 12.2. The van der Waals surface area contributed by atoms with Crippen molar-refractivity contribution in [3.63, 3.8) is 0 Å². The van der Waals surface area contributed by atoms with Gasteiger partial charge in [0.05, 0.1) is 6.26 Å². The molecule has 2 nitrogen and oxygen atoms in total. The molecule has 98 valence electrons. The van der Waals surface area contributed by atoms with Gasteiger partial charge in [-0.05, 0) is 24.3 Å². The van der Waals surface area contributed by atoms with Crippen molar-refractivity contribution >= 4 is 32.9 Å². The molecule has 0 radical (unpaired) electrons. The zero-order valence-corrected chi connectivity index (χ0v) is 12.8. The second-order valence-electron chi connectivity index (χ2n) is 4.25. The summed E-state index contributed by atoms with van der Waals surface area (Å²) in [5, 5.41) is 0. The Morgan fingerprint density at radius 1 is 1.05 bits per heavy atom. The van der Waals surface area contributed by atoms with Crippen LogP contribution in [0.1, 0.15) is 21.5 Å². The van der Waals surface area contributed by atoms with Crippen molar-refractivity contribution < 1.29 is 9.35 Å². The normalized spacial score (nSPS) is 12.2. The first kappa shape index (κ1) is 14.3. The van der Waals surface area contributed by atoms with Gasteiger partial charge in [0.1, 0.15) is 5.75 Å². The Balaban J connectivity index is 2.17. The SMILES string of the molecule is C[S+]([O-])Cc1ccc(C(=O)c2ccc(Br)cc2)cc1. The van der Waals surface area contributed by atoms with E-state index in [0.717, 1.165) is 10.0 Å². The minimum atomic E-state index is -0.863. The summed E-state index contributed by atoms with van der Waals surface area (Å²) in [6.45, 7) is 0. The third-order valence-corrected chi connectivity index (χ3v) is 3.96. The molecular weight excluding hydrogens is 324 g/mol. The van der Waals surface area contributed by atoms with Gasteiger partial charge >= 0.3 is 0 Å². The van der Waals surface area contributed by atoms with Gasteiger partial charge in [-0.25, -0.2) is 0 Å². The molecule has 0 fully saturated rings. The molecular formula is C15H13BrO2S. The Morgan fingerprint density at radius 3 is 2.00 bits per heavy atom. The molecule has 2 aromatic rings. The van der Waals surface area contributed by atoms with Crippen molar-refractivity contribution in [2.75, 3.05) is 6.26 Å². The molecule has 1 atom stereocenters. The Morgan fingerprint density at radius 2 is 1.53 bits per heavy atom. The molecule has 0 aliphatic carbocycles. The predicted molar refractivity (Wildman–Crippen MR) is 81.8 cm³/mol. The van der Waals surface area contributed by atoms with E-state index in [2.05, 4.69) is 15.9 Å². The van der Waals surface area contributed by atoms with Gasteiger partial charge in [0.2, 0.25) is 0 Å². The van der Waals surface area contributed by atoms with Crippen LogP contribution in [0.15, 0.2) is 53.0 Å². The summed E-state index contributed by atoms with van der Waals surface area (Å²) in [5.74, 6) is 0.518. The second kappa shape index (κ2) is 6.37. The molecule has 1 unspecified atom stereocenters. The first-order chi connectivity index (χ1) is 9.06. The van der Waals surface area contributed by atoms with Crippen molar-refractivity contribution in [3.8, 4) is 0 Å². The van der Waals surface area contributed by atoms with Gasteiger partial charge in [0.15, 0.2) is 5.78 Å². The maximum atomic E-state index is 12.2. The number of carbonyl (C=O) groups is 1. The van der Waals surface area contributed by atoms with Crippen molar-refractivity contribution in [1.82, 2.24) is 0 Å². The van der Waals surface area contributed by atoms with Crippen LogP contribution in [0.3, 0.4) is 0 Å². The Labute approximate surface area is 124 Å². The molecule has 0 spiro atoms. The summed E-state index contributed by atoms with van der Waals surface area (Å²) in [6, 6.07) is 14.6. The lowest BCUT2D eigenvalue weighted by molar-refractivity contribution is 0.103. The molecule has 2 rings (SSSR count). The lowest BCUT2D eigenvalue weighted by atomic mass is 10.0. The number of rotatable bonds is 4. The van der Waals surface area contributed by atoms with Crippen molar-refractivity contribution in [2.45, 2.75) is 5.75 Å². The van der Waals surface area contributed by atoms with Gasteiger partial charge in [-0.15, -0.1) is 0 Å². The van der Waals surface area contributed by atoms with Crippen LogP contribution >= 0.6 is 15.9 Å². The van der Waals surface area contributed by atoms with Crippen molar-refractivity contribution in [1.29, 1.82) is 0 Å². The smallest absolute Gasteiger partial charge is 0.193 e. The highest BCUT2D eigenvalue weighted by atomic mass is 79.9. The summed E-state index contributed by atoms with van der Waals surface area (Å²) in [6.07, 6.45) is 1.67.